The Morgan fingerprint density at radius 1 is 1.16 bits per heavy atom. The van der Waals surface area contributed by atoms with Gasteiger partial charge in [0.15, 0.2) is 0 Å². The van der Waals surface area contributed by atoms with E-state index in [0.29, 0.717) is 6.04 Å². The van der Waals surface area contributed by atoms with Gasteiger partial charge in [-0.3, -0.25) is 0 Å². The first-order chi connectivity index (χ1) is 9.24. The highest BCUT2D eigenvalue weighted by Crippen LogP contribution is 2.29. The minimum atomic E-state index is 0.456. The van der Waals surface area contributed by atoms with Gasteiger partial charge in [-0.05, 0) is 56.3 Å². The average Bonchev–Trinajstić information content (AvgIpc) is 2.90. The normalized spacial score (nSPS) is 15.4. The van der Waals surface area contributed by atoms with Crippen LogP contribution in [0, 0.1) is 0 Å². The molecule has 0 bridgehead atoms. The standard InChI is InChI=1S/C16H21N3/c1-12(2)18-14-5-6-15-13(11-14)7-8-17-16(15)19-9-3-4-10-19/h5-8,11-12,18H,3-4,9-10H2,1-2H3. The zero-order chi connectivity index (χ0) is 13.2. The van der Waals surface area contributed by atoms with E-state index in [-0.39, 0.29) is 0 Å². The molecule has 1 N–H and O–H groups in total. The zero-order valence-electron chi connectivity index (χ0n) is 11.7. The molecule has 2 heterocycles. The molecule has 3 rings (SSSR count). The minimum absolute atomic E-state index is 0.456. The summed E-state index contributed by atoms with van der Waals surface area (Å²) in [6.45, 7) is 6.59. The van der Waals surface area contributed by atoms with Crippen LogP contribution in [0.1, 0.15) is 26.7 Å². The number of nitrogens with one attached hydrogen (secondary N) is 1. The van der Waals surface area contributed by atoms with Gasteiger partial charge in [0, 0.05) is 36.4 Å². The fraction of sp³-hybridized carbons (Fsp3) is 0.438. The molecule has 1 aromatic heterocycles. The topological polar surface area (TPSA) is 28.2 Å². The summed E-state index contributed by atoms with van der Waals surface area (Å²) < 4.78 is 0. The fourth-order valence-corrected chi connectivity index (χ4v) is 2.77. The van der Waals surface area contributed by atoms with Crippen molar-refractivity contribution in [3.05, 3.63) is 30.5 Å². The van der Waals surface area contributed by atoms with Crippen LogP contribution in [0.25, 0.3) is 10.8 Å². The summed E-state index contributed by atoms with van der Waals surface area (Å²) in [5.74, 6) is 1.14. The van der Waals surface area contributed by atoms with Crippen LogP contribution in [0.5, 0.6) is 0 Å². The largest absolute Gasteiger partial charge is 0.383 e. The first-order valence-electron chi connectivity index (χ1n) is 7.14. The highest BCUT2D eigenvalue weighted by atomic mass is 15.2. The van der Waals surface area contributed by atoms with Crippen LogP contribution >= 0.6 is 0 Å². The van der Waals surface area contributed by atoms with E-state index in [2.05, 4.69) is 53.3 Å². The van der Waals surface area contributed by atoms with E-state index in [9.17, 15) is 0 Å². The summed E-state index contributed by atoms with van der Waals surface area (Å²) in [6, 6.07) is 9.12. The number of nitrogens with zero attached hydrogens (tertiary/aromatic N) is 2. The van der Waals surface area contributed by atoms with E-state index in [4.69, 9.17) is 0 Å². The molecule has 0 atom stereocenters. The Kier molecular flexibility index (Phi) is 3.28. The molecule has 0 amide bonds. The molecule has 1 fully saturated rings. The number of aromatic nitrogens is 1. The van der Waals surface area contributed by atoms with Crippen molar-refractivity contribution in [2.45, 2.75) is 32.7 Å². The zero-order valence-corrected chi connectivity index (χ0v) is 11.7. The minimum Gasteiger partial charge on any atom is -0.383 e. The number of hydrogen-bond acceptors (Lipinski definition) is 3. The van der Waals surface area contributed by atoms with Crippen LogP contribution in [0.4, 0.5) is 11.5 Å². The van der Waals surface area contributed by atoms with Gasteiger partial charge in [0.25, 0.3) is 0 Å². The van der Waals surface area contributed by atoms with Crippen molar-refractivity contribution in [3.8, 4) is 0 Å². The number of anilines is 2. The van der Waals surface area contributed by atoms with Crippen molar-refractivity contribution in [3.63, 3.8) is 0 Å². The van der Waals surface area contributed by atoms with E-state index in [1.165, 1.54) is 29.3 Å². The summed E-state index contributed by atoms with van der Waals surface area (Å²) in [7, 11) is 0. The molecule has 0 unspecified atom stereocenters. The average molecular weight is 255 g/mol. The van der Waals surface area contributed by atoms with Crippen LogP contribution in [0.15, 0.2) is 30.5 Å². The molecule has 2 aromatic rings. The second-order valence-corrected chi connectivity index (χ2v) is 5.56. The van der Waals surface area contributed by atoms with Gasteiger partial charge in [0.2, 0.25) is 0 Å². The molecule has 3 nitrogen and oxygen atoms in total. The lowest BCUT2D eigenvalue weighted by Crippen LogP contribution is -2.19. The lowest BCUT2D eigenvalue weighted by Gasteiger charge is -2.19. The van der Waals surface area contributed by atoms with Gasteiger partial charge < -0.3 is 10.2 Å². The Morgan fingerprint density at radius 2 is 1.95 bits per heavy atom. The second kappa shape index (κ2) is 5.08. The van der Waals surface area contributed by atoms with E-state index in [1.54, 1.807) is 0 Å². The Bertz CT molecular complexity index is 571. The van der Waals surface area contributed by atoms with E-state index in [0.717, 1.165) is 18.9 Å². The van der Waals surface area contributed by atoms with Crippen molar-refractivity contribution in [2.75, 3.05) is 23.3 Å². The third kappa shape index (κ3) is 2.50. The summed E-state index contributed by atoms with van der Waals surface area (Å²) in [5.41, 5.74) is 1.18. The van der Waals surface area contributed by atoms with Crippen molar-refractivity contribution in [2.24, 2.45) is 0 Å². The quantitative estimate of drug-likeness (QED) is 0.907. The molecule has 1 aliphatic rings. The van der Waals surface area contributed by atoms with E-state index in [1.807, 2.05) is 6.20 Å². The molecule has 1 saturated heterocycles. The van der Waals surface area contributed by atoms with E-state index < -0.39 is 0 Å². The number of hydrogen-bond donors (Lipinski definition) is 1. The van der Waals surface area contributed by atoms with E-state index >= 15 is 0 Å². The van der Waals surface area contributed by atoms with Crippen molar-refractivity contribution in [1.29, 1.82) is 0 Å². The van der Waals surface area contributed by atoms with Crippen molar-refractivity contribution in [1.82, 2.24) is 4.98 Å². The number of benzene rings is 1. The monoisotopic (exact) mass is 255 g/mol. The van der Waals surface area contributed by atoms with Gasteiger partial charge >= 0.3 is 0 Å². The van der Waals surface area contributed by atoms with Gasteiger partial charge in [0.1, 0.15) is 5.82 Å². The maximum absolute atomic E-state index is 4.59. The first kappa shape index (κ1) is 12.3. The number of rotatable bonds is 3. The Labute approximate surface area is 114 Å². The molecule has 0 spiro atoms. The third-order valence-corrected chi connectivity index (χ3v) is 3.60. The second-order valence-electron chi connectivity index (χ2n) is 5.56. The number of fused-ring (bicyclic) bond motifs is 1. The molecular weight excluding hydrogens is 234 g/mol. The molecule has 3 heteroatoms. The van der Waals surface area contributed by atoms with Gasteiger partial charge in [-0.25, -0.2) is 4.98 Å². The van der Waals surface area contributed by atoms with Gasteiger partial charge in [-0.15, -0.1) is 0 Å². The molecule has 0 radical (unpaired) electrons. The van der Waals surface area contributed by atoms with Crippen LogP contribution in [-0.2, 0) is 0 Å². The lowest BCUT2D eigenvalue weighted by atomic mass is 10.1. The summed E-state index contributed by atoms with van der Waals surface area (Å²) in [6.07, 6.45) is 4.49. The van der Waals surface area contributed by atoms with Crippen LogP contribution in [-0.4, -0.2) is 24.1 Å². The molecule has 0 aliphatic carbocycles. The first-order valence-corrected chi connectivity index (χ1v) is 7.14. The third-order valence-electron chi connectivity index (χ3n) is 3.60. The molecule has 0 saturated carbocycles. The molecule has 19 heavy (non-hydrogen) atoms. The molecule has 1 aliphatic heterocycles. The fourth-order valence-electron chi connectivity index (χ4n) is 2.77. The molecule has 1 aromatic carbocycles. The Morgan fingerprint density at radius 3 is 2.68 bits per heavy atom. The summed E-state index contributed by atoms with van der Waals surface area (Å²) >= 11 is 0. The van der Waals surface area contributed by atoms with Gasteiger partial charge in [-0.1, -0.05) is 0 Å². The summed E-state index contributed by atoms with van der Waals surface area (Å²) in [5, 5.41) is 5.98. The van der Waals surface area contributed by atoms with Crippen molar-refractivity contribution < 1.29 is 0 Å². The SMILES string of the molecule is CC(C)Nc1ccc2c(N3CCCC3)nccc2c1. The van der Waals surface area contributed by atoms with Gasteiger partial charge in [-0.2, -0.15) is 0 Å². The smallest absolute Gasteiger partial charge is 0.136 e. The predicted molar refractivity (Wildman–Crippen MR) is 81.9 cm³/mol. The van der Waals surface area contributed by atoms with Crippen LogP contribution < -0.4 is 10.2 Å². The van der Waals surface area contributed by atoms with Gasteiger partial charge in [0.05, 0.1) is 0 Å². The predicted octanol–water partition coefficient (Wildman–Crippen LogP) is 3.66. The molecular formula is C16H21N3. The molecule has 100 valence electrons. The van der Waals surface area contributed by atoms with Crippen molar-refractivity contribution >= 4 is 22.3 Å². The summed E-state index contributed by atoms with van der Waals surface area (Å²) in [4.78, 5) is 6.99. The van der Waals surface area contributed by atoms with Crippen LogP contribution in [0.3, 0.4) is 0 Å². The van der Waals surface area contributed by atoms with Crippen LogP contribution in [0.2, 0.25) is 0 Å². The Hall–Kier alpha value is -1.77. The number of pyridine rings is 1. The maximum atomic E-state index is 4.59. The highest BCUT2D eigenvalue weighted by molar-refractivity contribution is 5.94. The highest BCUT2D eigenvalue weighted by Gasteiger charge is 2.15. The lowest BCUT2D eigenvalue weighted by molar-refractivity contribution is 0.900. The maximum Gasteiger partial charge on any atom is 0.136 e. The Balaban J connectivity index is 2.01.